The van der Waals surface area contributed by atoms with Crippen LogP contribution in [0, 0.1) is 11.8 Å². The second-order valence-electron chi connectivity index (χ2n) is 6.33. The van der Waals surface area contributed by atoms with Crippen LogP contribution in [-0.4, -0.2) is 18.3 Å². The third-order valence-corrected chi connectivity index (χ3v) is 4.90. The second kappa shape index (κ2) is 5.65. The molecule has 1 aromatic rings. The lowest BCUT2D eigenvalue weighted by atomic mass is 9.78. The standard InChI is InChI=1S/C17H24O3/c1-11-3-5-12(6-4-11)16-10-15(18)14-8-7-13(19-2)9-17(14)20-16/h7-9,11-12,15-16,18H,3-6,10H2,1-2H3/t11?,12?,15-,16?/m0/s1. The van der Waals surface area contributed by atoms with Crippen LogP contribution in [0.3, 0.4) is 0 Å². The summed E-state index contributed by atoms with van der Waals surface area (Å²) in [6.07, 6.45) is 5.47. The molecule has 110 valence electrons. The molecular formula is C17H24O3. The molecule has 1 aliphatic carbocycles. The summed E-state index contributed by atoms with van der Waals surface area (Å²) >= 11 is 0. The second-order valence-corrected chi connectivity index (χ2v) is 6.33. The van der Waals surface area contributed by atoms with Crippen LogP contribution in [0.1, 0.15) is 50.7 Å². The predicted molar refractivity (Wildman–Crippen MR) is 78.1 cm³/mol. The minimum atomic E-state index is -0.408. The molecule has 3 heteroatoms. The van der Waals surface area contributed by atoms with Gasteiger partial charge in [-0.1, -0.05) is 19.8 Å². The van der Waals surface area contributed by atoms with Crippen LogP contribution < -0.4 is 9.47 Å². The van der Waals surface area contributed by atoms with Crippen molar-refractivity contribution in [2.75, 3.05) is 7.11 Å². The zero-order chi connectivity index (χ0) is 14.1. The molecule has 1 N–H and O–H groups in total. The number of hydrogen-bond acceptors (Lipinski definition) is 3. The number of aliphatic hydroxyl groups excluding tert-OH is 1. The van der Waals surface area contributed by atoms with Crippen LogP contribution >= 0.6 is 0 Å². The highest BCUT2D eigenvalue weighted by molar-refractivity contribution is 5.43. The van der Waals surface area contributed by atoms with E-state index in [2.05, 4.69) is 6.92 Å². The fourth-order valence-corrected chi connectivity index (χ4v) is 3.52. The molecule has 3 nitrogen and oxygen atoms in total. The molecule has 3 rings (SSSR count). The summed E-state index contributed by atoms with van der Waals surface area (Å²) in [6.45, 7) is 2.33. The summed E-state index contributed by atoms with van der Waals surface area (Å²) in [4.78, 5) is 0. The first-order valence-corrected chi connectivity index (χ1v) is 7.70. The lowest BCUT2D eigenvalue weighted by molar-refractivity contribution is 0.0192. The first kappa shape index (κ1) is 13.7. The van der Waals surface area contributed by atoms with Crippen LogP contribution in [0.15, 0.2) is 18.2 Å². The monoisotopic (exact) mass is 276 g/mol. The predicted octanol–water partition coefficient (Wildman–Crippen LogP) is 3.71. The summed E-state index contributed by atoms with van der Waals surface area (Å²) in [6, 6.07) is 5.70. The van der Waals surface area contributed by atoms with E-state index in [1.54, 1.807) is 7.11 Å². The number of fused-ring (bicyclic) bond motifs is 1. The molecule has 1 heterocycles. The Hall–Kier alpha value is -1.22. The van der Waals surface area contributed by atoms with Gasteiger partial charge in [0.2, 0.25) is 0 Å². The first-order chi connectivity index (χ1) is 9.67. The van der Waals surface area contributed by atoms with Gasteiger partial charge in [-0.3, -0.25) is 0 Å². The smallest absolute Gasteiger partial charge is 0.129 e. The molecule has 0 spiro atoms. The van der Waals surface area contributed by atoms with Gasteiger partial charge < -0.3 is 14.6 Å². The van der Waals surface area contributed by atoms with Crippen molar-refractivity contribution in [3.8, 4) is 11.5 Å². The number of rotatable bonds is 2. The number of ether oxygens (including phenoxy) is 2. The van der Waals surface area contributed by atoms with E-state index in [-0.39, 0.29) is 6.10 Å². The van der Waals surface area contributed by atoms with Gasteiger partial charge in [-0.05, 0) is 36.8 Å². The number of aliphatic hydroxyl groups is 1. The van der Waals surface area contributed by atoms with Crippen molar-refractivity contribution in [3.63, 3.8) is 0 Å². The molecule has 1 fully saturated rings. The summed E-state index contributed by atoms with van der Waals surface area (Å²) < 4.78 is 11.4. The Morgan fingerprint density at radius 1 is 1.20 bits per heavy atom. The topological polar surface area (TPSA) is 38.7 Å². The molecule has 1 aromatic carbocycles. The molecule has 0 bridgehead atoms. The van der Waals surface area contributed by atoms with Crippen molar-refractivity contribution in [2.24, 2.45) is 11.8 Å². The van der Waals surface area contributed by atoms with Gasteiger partial charge in [-0.25, -0.2) is 0 Å². The molecule has 0 amide bonds. The first-order valence-electron chi connectivity index (χ1n) is 7.70. The fraction of sp³-hybridized carbons (Fsp3) is 0.647. The summed E-state index contributed by atoms with van der Waals surface area (Å²) in [5, 5.41) is 10.4. The number of methoxy groups -OCH3 is 1. The third kappa shape index (κ3) is 2.64. The van der Waals surface area contributed by atoms with E-state index in [1.165, 1.54) is 25.7 Å². The fourth-order valence-electron chi connectivity index (χ4n) is 3.52. The van der Waals surface area contributed by atoms with Gasteiger partial charge in [0.05, 0.1) is 13.2 Å². The highest BCUT2D eigenvalue weighted by Crippen LogP contribution is 2.42. The molecule has 0 saturated heterocycles. The van der Waals surface area contributed by atoms with Gasteiger partial charge in [0.15, 0.2) is 0 Å². The van der Waals surface area contributed by atoms with Gasteiger partial charge in [0.25, 0.3) is 0 Å². The van der Waals surface area contributed by atoms with Crippen molar-refractivity contribution in [1.29, 1.82) is 0 Å². The van der Waals surface area contributed by atoms with Crippen LogP contribution in [0.25, 0.3) is 0 Å². The Morgan fingerprint density at radius 2 is 1.95 bits per heavy atom. The minimum absolute atomic E-state index is 0.150. The minimum Gasteiger partial charge on any atom is -0.497 e. The SMILES string of the molecule is COc1ccc2c(c1)OC(C1CCC(C)CC1)C[C@@H]2O. The molecular weight excluding hydrogens is 252 g/mol. The average molecular weight is 276 g/mol. The zero-order valence-electron chi connectivity index (χ0n) is 12.3. The average Bonchev–Trinajstić information content (AvgIpc) is 2.47. The lowest BCUT2D eigenvalue weighted by Crippen LogP contribution is -2.34. The molecule has 1 saturated carbocycles. The Labute approximate surface area is 120 Å². The van der Waals surface area contributed by atoms with E-state index < -0.39 is 6.10 Å². The Bertz CT molecular complexity index is 463. The number of benzene rings is 1. The number of hydrogen-bond donors (Lipinski definition) is 1. The van der Waals surface area contributed by atoms with Crippen LogP contribution in [0.4, 0.5) is 0 Å². The van der Waals surface area contributed by atoms with Crippen LogP contribution in [0.2, 0.25) is 0 Å². The quantitative estimate of drug-likeness (QED) is 0.895. The summed E-state index contributed by atoms with van der Waals surface area (Å²) in [7, 11) is 1.65. The maximum atomic E-state index is 10.4. The van der Waals surface area contributed by atoms with Gasteiger partial charge in [0, 0.05) is 18.1 Å². The van der Waals surface area contributed by atoms with E-state index in [0.717, 1.165) is 29.4 Å². The van der Waals surface area contributed by atoms with Gasteiger partial charge in [-0.2, -0.15) is 0 Å². The van der Waals surface area contributed by atoms with Crippen LogP contribution in [0.5, 0.6) is 11.5 Å². The van der Waals surface area contributed by atoms with Gasteiger partial charge >= 0.3 is 0 Å². The van der Waals surface area contributed by atoms with E-state index in [9.17, 15) is 5.11 Å². The van der Waals surface area contributed by atoms with Crippen molar-refractivity contribution in [3.05, 3.63) is 23.8 Å². The van der Waals surface area contributed by atoms with E-state index >= 15 is 0 Å². The summed E-state index contributed by atoms with van der Waals surface area (Å²) in [5.74, 6) is 3.01. The molecule has 0 aromatic heterocycles. The van der Waals surface area contributed by atoms with E-state index in [1.807, 2.05) is 18.2 Å². The molecule has 1 aliphatic heterocycles. The molecule has 20 heavy (non-hydrogen) atoms. The van der Waals surface area contributed by atoms with Crippen molar-refractivity contribution >= 4 is 0 Å². The normalized spacial score (nSPS) is 33.1. The molecule has 0 radical (unpaired) electrons. The largest absolute Gasteiger partial charge is 0.497 e. The van der Waals surface area contributed by atoms with Crippen LogP contribution in [-0.2, 0) is 0 Å². The lowest BCUT2D eigenvalue weighted by Gasteiger charge is -2.37. The zero-order valence-corrected chi connectivity index (χ0v) is 12.3. The van der Waals surface area contributed by atoms with Crippen molar-refractivity contribution in [1.82, 2.24) is 0 Å². The van der Waals surface area contributed by atoms with E-state index in [4.69, 9.17) is 9.47 Å². The van der Waals surface area contributed by atoms with Gasteiger partial charge in [-0.15, -0.1) is 0 Å². The highest BCUT2D eigenvalue weighted by Gasteiger charge is 2.34. The molecule has 1 unspecified atom stereocenters. The van der Waals surface area contributed by atoms with Gasteiger partial charge in [0.1, 0.15) is 17.6 Å². The van der Waals surface area contributed by atoms with E-state index in [0.29, 0.717) is 5.92 Å². The highest BCUT2D eigenvalue weighted by atomic mass is 16.5. The third-order valence-electron chi connectivity index (χ3n) is 4.90. The molecule has 2 aliphatic rings. The molecule has 2 atom stereocenters. The maximum Gasteiger partial charge on any atom is 0.129 e. The summed E-state index contributed by atoms with van der Waals surface area (Å²) in [5.41, 5.74) is 0.895. The Kier molecular flexibility index (Phi) is 3.88. The Balaban J connectivity index is 1.77. The Morgan fingerprint density at radius 3 is 2.65 bits per heavy atom. The van der Waals surface area contributed by atoms with Crippen molar-refractivity contribution in [2.45, 2.75) is 51.2 Å². The maximum absolute atomic E-state index is 10.4. The van der Waals surface area contributed by atoms with Crippen molar-refractivity contribution < 1.29 is 14.6 Å².